The number of aromatic nitrogens is 2. The summed E-state index contributed by atoms with van der Waals surface area (Å²) in [5.74, 6) is 0.877. The number of aryl methyl sites for hydroxylation is 2. The largest absolute Gasteiger partial charge is 0.491 e. The van der Waals surface area contributed by atoms with Crippen LogP contribution in [0.1, 0.15) is 21.7 Å². The molecule has 0 saturated carbocycles. The number of nitrogens with one attached hydrogen (secondary N) is 1. The van der Waals surface area contributed by atoms with Gasteiger partial charge >= 0.3 is 0 Å². The van der Waals surface area contributed by atoms with Crippen LogP contribution in [-0.2, 0) is 6.54 Å². The van der Waals surface area contributed by atoms with E-state index in [2.05, 4.69) is 10.4 Å². The Bertz CT molecular complexity index is 668. The summed E-state index contributed by atoms with van der Waals surface area (Å²) in [6, 6.07) is 6.97. The smallest absolute Gasteiger partial charge is 0.259 e. The van der Waals surface area contributed by atoms with Crippen molar-refractivity contribution >= 4 is 23.2 Å². The van der Waals surface area contributed by atoms with Crippen molar-refractivity contribution in [1.29, 1.82) is 0 Å². The molecule has 0 aliphatic carbocycles. The Hall–Kier alpha value is -2.05. The molecule has 1 heterocycles. The molecule has 0 unspecified atom stereocenters. The number of anilines is 1. The normalized spacial score (nSPS) is 10.6. The van der Waals surface area contributed by atoms with Crippen LogP contribution in [0.4, 0.5) is 5.69 Å². The molecule has 0 aliphatic rings. The number of amides is 1. The Morgan fingerprint density at radius 1 is 1.35 bits per heavy atom. The van der Waals surface area contributed by atoms with Gasteiger partial charge in [0.05, 0.1) is 24.4 Å². The van der Waals surface area contributed by atoms with E-state index in [0.29, 0.717) is 35.1 Å². The molecular weight excluding hydrogens is 318 g/mol. The van der Waals surface area contributed by atoms with Crippen LogP contribution in [0.25, 0.3) is 0 Å². The van der Waals surface area contributed by atoms with Gasteiger partial charge in [0.1, 0.15) is 12.4 Å². The number of alkyl halides is 1. The zero-order valence-electron chi connectivity index (χ0n) is 13.2. The van der Waals surface area contributed by atoms with Gasteiger partial charge in [-0.25, -0.2) is 0 Å². The van der Waals surface area contributed by atoms with Crippen LogP contribution in [0, 0.1) is 13.8 Å². The van der Waals surface area contributed by atoms with Gasteiger partial charge in [0.15, 0.2) is 0 Å². The van der Waals surface area contributed by atoms with Crippen molar-refractivity contribution in [2.45, 2.75) is 20.4 Å². The third-order valence-corrected chi connectivity index (χ3v) is 3.55. The van der Waals surface area contributed by atoms with Gasteiger partial charge in [-0.2, -0.15) is 5.10 Å². The minimum Gasteiger partial charge on any atom is -0.491 e. The van der Waals surface area contributed by atoms with Crippen molar-refractivity contribution in [2.24, 2.45) is 0 Å². The van der Waals surface area contributed by atoms with Gasteiger partial charge in [-0.3, -0.25) is 9.48 Å². The SMILES string of the molecule is Cc1nn(CCCl)c(C)c1C(=O)Nc1ccc(OCCO)cc1. The minimum absolute atomic E-state index is 0.0384. The van der Waals surface area contributed by atoms with Crippen molar-refractivity contribution in [2.75, 3.05) is 24.4 Å². The van der Waals surface area contributed by atoms with Gasteiger partial charge in [0.25, 0.3) is 5.91 Å². The first-order chi connectivity index (χ1) is 11.1. The molecule has 1 amide bonds. The molecule has 0 spiro atoms. The Labute approximate surface area is 140 Å². The topological polar surface area (TPSA) is 76.4 Å². The third-order valence-electron chi connectivity index (χ3n) is 3.38. The van der Waals surface area contributed by atoms with Crippen LogP contribution in [0.15, 0.2) is 24.3 Å². The highest BCUT2D eigenvalue weighted by Gasteiger charge is 2.18. The highest BCUT2D eigenvalue weighted by Crippen LogP contribution is 2.19. The quantitative estimate of drug-likeness (QED) is 0.760. The summed E-state index contributed by atoms with van der Waals surface area (Å²) in [5.41, 5.74) is 2.70. The van der Waals surface area contributed by atoms with Gasteiger partial charge in [-0.15, -0.1) is 11.6 Å². The fourth-order valence-corrected chi connectivity index (χ4v) is 2.47. The number of benzene rings is 1. The second-order valence-electron chi connectivity index (χ2n) is 5.01. The van der Waals surface area contributed by atoms with Gasteiger partial charge in [-0.1, -0.05) is 0 Å². The van der Waals surface area contributed by atoms with Crippen LogP contribution in [0.3, 0.4) is 0 Å². The molecule has 1 aromatic carbocycles. The summed E-state index contributed by atoms with van der Waals surface area (Å²) >= 11 is 5.74. The summed E-state index contributed by atoms with van der Waals surface area (Å²) in [7, 11) is 0. The number of aliphatic hydroxyl groups is 1. The zero-order valence-corrected chi connectivity index (χ0v) is 13.9. The van der Waals surface area contributed by atoms with E-state index in [-0.39, 0.29) is 19.1 Å². The van der Waals surface area contributed by atoms with E-state index in [9.17, 15) is 4.79 Å². The molecule has 7 heteroatoms. The van der Waals surface area contributed by atoms with Gasteiger partial charge in [-0.05, 0) is 38.1 Å². The number of hydrogen-bond donors (Lipinski definition) is 2. The lowest BCUT2D eigenvalue weighted by Gasteiger charge is -2.08. The standard InChI is InChI=1S/C16H20ClN3O3/c1-11-15(12(2)20(19-11)8-7-17)16(22)18-13-3-5-14(6-4-13)23-10-9-21/h3-6,21H,7-10H2,1-2H3,(H,18,22). The number of rotatable bonds is 7. The molecule has 0 radical (unpaired) electrons. The summed E-state index contributed by atoms with van der Waals surface area (Å²) in [6.45, 7) is 4.43. The highest BCUT2D eigenvalue weighted by molar-refractivity contribution is 6.17. The van der Waals surface area contributed by atoms with Crippen molar-refractivity contribution in [3.05, 3.63) is 41.2 Å². The summed E-state index contributed by atoms with van der Waals surface area (Å²) in [5, 5.41) is 15.9. The fourth-order valence-electron chi connectivity index (χ4n) is 2.31. The van der Waals surface area contributed by atoms with Gasteiger partial charge in [0.2, 0.25) is 0 Å². The minimum atomic E-state index is -0.204. The number of hydrogen-bond acceptors (Lipinski definition) is 4. The van der Waals surface area contributed by atoms with Gasteiger partial charge in [0, 0.05) is 17.3 Å². The molecule has 2 rings (SSSR count). The van der Waals surface area contributed by atoms with E-state index in [1.165, 1.54) is 0 Å². The second kappa shape index (κ2) is 7.99. The molecule has 0 bridgehead atoms. The van der Waals surface area contributed by atoms with Crippen LogP contribution in [0.5, 0.6) is 5.75 Å². The highest BCUT2D eigenvalue weighted by atomic mass is 35.5. The number of carbonyl (C=O) groups is 1. The lowest BCUT2D eigenvalue weighted by molar-refractivity contribution is 0.102. The van der Waals surface area contributed by atoms with E-state index in [4.69, 9.17) is 21.4 Å². The lowest BCUT2D eigenvalue weighted by Crippen LogP contribution is -2.14. The Morgan fingerprint density at radius 3 is 2.65 bits per heavy atom. The number of ether oxygens (including phenoxy) is 1. The van der Waals surface area contributed by atoms with E-state index >= 15 is 0 Å². The first kappa shape index (κ1) is 17.3. The molecule has 0 atom stereocenters. The Morgan fingerprint density at radius 2 is 2.04 bits per heavy atom. The van der Waals surface area contributed by atoms with Crippen molar-refractivity contribution < 1.29 is 14.6 Å². The monoisotopic (exact) mass is 337 g/mol. The fraction of sp³-hybridized carbons (Fsp3) is 0.375. The molecule has 0 fully saturated rings. The maximum atomic E-state index is 12.5. The summed E-state index contributed by atoms with van der Waals surface area (Å²) in [6.07, 6.45) is 0. The predicted octanol–water partition coefficient (Wildman–Crippen LogP) is 2.36. The molecule has 2 N–H and O–H groups in total. The number of carbonyl (C=O) groups excluding carboxylic acids is 1. The maximum Gasteiger partial charge on any atom is 0.259 e. The van der Waals surface area contributed by atoms with E-state index in [0.717, 1.165) is 5.69 Å². The van der Waals surface area contributed by atoms with E-state index < -0.39 is 0 Å². The molecule has 124 valence electrons. The van der Waals surface area contributed by atoms with Crippen molar-refractivity contribution in [3.8, 4) is 5.75 Å². The van der Waals surface area contributed by atoms with Crippen molar-refractivity contribution in [3.63, 3.8) is 0 Å². The summed E-state index contributed by atoms with van der Waals surface area (Å²) in [4.78, 5) is 12.5. The average molecular weight is 338 g/mol. The lowest BCUT2D eigenvalue weighted by atomic mass is 10.2. The van der Waals surface area contributed by atoms with E-state index in [1.807, 2.05) is 6.92 Å². The first-order valence-electron chi connectivity index (χ1n) is 7.32. The molecule has 6 nitrogen and oxygen atoms in total. The molecule has 1 aromatic heterocycles. The first-order valence-corrected chi connectivity index (χ1v) is 7.85. The van der Waals surface area contributed by atoms with Crippen molar-refractivity contribution in [1.82, 2.24) is 9.78 Å². The zero-order chi connectivity index (χ0) is 16.8. The maximum absolute atomic E-state index is 12.5. The molecule has 0 saturated heterocycles. The van der Waals surface area contributed by atoms with Crippen LogP contribution < -0.4 is 10.1 Å². The molecule has 2 aromatic rings. The summed E-state index contributed by atoms with van der Waals surface area (Å²) < 4.78 is 7.02. The number of nitrogens with zero attached hydrogens (tertiary/aromatic N) is 2. The Balaban J connectivity index is 2.10. The number of aliphatic hydroxyl groups excluding tert-OH is 1. The second-order valence-corrected chi connectivity index (χ2v) is 5.39. The van der Waals surface area contributed by atoms with E-state index in [1.54, 1.807) is 35.9 Å². The molecule has 23 heavy (non-hydrogen) atoms. The molecule has 0 aliphatic heterocycles. The predicted molar refractivity (Wildman–Crippen MR) is 89.4 cm³/mol. The molecular formula is C16H20ClN3O3. The van der Waals surface area contributed by atoms with Crippen LogP contribution in [0.2, 0.25) is 0 Å². The third kappa shape index (κ3) is 4.24. The Kier molecular flexibility index (Phi) is 6.01. The van der Waals surface area contributed by atoms with Crippen LogP contribution >= 0.6 is 11.6 Å². The van der Waals surface area contributed by atoms with Crippen LogP contribution in [-0.4, -0.2) is 39.9 Å². The average Bonchev–Trinajstić information content (AvgIpc) is 2.81. The number of halogens is 1. The van der Waals surface area contributed by atoms with Gasteiger partial charge < -0.3 is 15.2 Å².